The molecule has 0 saturated heterocycles. The van der Waals surface area contributed by atoms with Gasteiger partial charge in [-0.2, -0.15) is 5.10 Å². The van der Waals surface area contributed by atoms with E-state index in [2.05, 4.69) is 15.5 Å². The number of carbonyl (C=O) groups excluding carboxylic acids is 1. The number of hydrogen-bond donors (Lipinski definition) is 1. The fraction of sp³-hybridized carbons (Fsp3) is 0.312. The minimum absolute atomic E-state index is 0.230. The van der Waals surface area contributed by atoms with Crippen molar-refractivity contribution in [2.24, 2.45) is 0 Å². The van der Waals surface area contributed by atoms with E-state index in [1.807, 2.05) is 6.07 Å². The first kappa shape index (κ1) is 13.7. The Balaban J connectivity index is 1.50. The Labute approximate surface area is 122 Å². The lowest BCUT2D eigenvalue weighted by Crippen LogP contribution is -2.26. The minimum atomic E-state index is -0.256. The van der Waals surface area contributed by atoms with E-state index in [0.717, 1.165) is 24.1 Å². The maximum Gasteiger partial charge on any atom is 0.271 e. The molecule has 1 aliphatic carbocycles. The van der Waals surface area contributed by atoms with Crippen LogP contribution in [-0.2, 0) is 6.42 Å². The van der Waals surface area contributed by atoms with Crippen LogP contribution < -0.4 is 5.32 Å². The van der Waals surface area contributed by atoms with Crippen molar-refractivity contribution in [1.82, 2.24) is 15.5 Å². The Kier molecular flexibility index (Phi) is 3.90. The lowest BCUT2D eigenvalue weighted by atomic mass is 10.1. The maximum absolute atomic E-state index is 12.8. The summed E-state index contributed by atoms with van der Waals surface area (Å²) in [5, 5.41) is 10.8. The van der Waals surface area contributed by atoms with Gasteiger partial charge in [-0.1, -0.05) is 12.1 Å². The van der Waals surface area contributed by atoms with Crippen molar-refractivity contribution < 1.29 is 9.18 Å². The van der Waals surface area contributed by atoms with Crippen LogP contribution >= 0.6 is 0 Å². The normalized spacial score (nSPS) is 14.0. The first-order valence-electron chi connectivity index (χ1n) is 7.08. The number of aromatic nitrogens is 2. The first-order valence-corrected chi connectivity index (χ1v) is 7.08. The van der Waals surface area contributed by atoms with Gasteiger partial charge >= 0.3 is 0 Å². The molecular weight excluding hydrogens is 269 g/mol. The topological polar surface area (TPSA) is 54.9 Å². The summed E-state index contributed by atoms with van der Waals surface area (Å²) in [7, 11) is 0. The number of amides is 1. The molecule has 4 nitrogen and oxygen atoms in total. The summed E-state index contributed by atoms with van der Waals surface area (Å²) < 4.78 is 12.8. The van der Waals surface area contributed by atoms with Gasteiger partial charge in [0.2, 0.25) is 0 Å². The summed E-state index contributed by atoms with van der Waals surface area (Å²) in [5.41, 5.74) is 2.28. The second-order valence-electron chi connectivity index (χ2n) is 5.25. The molecule has 1 saturated carbocycles. The highest BCUT2D eigenvalue weighted by molar-refractivity contribution is 5.92. The van der Waals surface area contributed by atoms with E-state index in [9.17, 15) is 9.18 Å². The third-order valence-electron chi connectivity index (χ3n) is 3.53. The Morgan fingerprint density at radius 2 is 1.90 bits per heavy atom. The van der Waals surface area contributed by atoms with Crippen LogP contribution in [-0.4, -0.2) is 22.6 Å². The molecule has 0 bridgehead atoms. The monoisotopic (exact) mass is 285 g/mol. The molecule has 0 unspecified atom stereocenters. The number of nitrogens with zero attached hydrogens (tertiary/aromatic N) is 2. The van der Waals surface area contributed by atoms with Crippen LogP contribution in [0.15, 0.2) is 36.4 Å². The molecule has 1 aromatic heterocycles. The van der Waals surface area contributed by atoms with Crippen molar-refractivity contribution in [3.63, 3.8) is 0 Å². The van der Waals surface area contributed by atoms with Gasteiger partial charge in [0.15, 0.2) is 5.69 Å². The van der Waals surface area contributed by atoms with Crippen LogP contribution in [0.2, 0.25) is 0 Å². The lowest BCUT2D eigenvalue weighted by molar-refractivity contribution is 0.0948. The van der Waals surface area contributed by atoms with Gasteiger partial charge < -0.3 is 5.32 Å². The summed E-state index contributed by atoms with van der Waals surface area (Å²) in [4.78, 5) is 11.9. The number of rotatable bonds is 5. The van der Waals surface area contributed by atoms with E-state index in [-0.39, 0.29) is 11.7 Å². The Bertz CT molecular complexity index is 621. The summed E-state index contributed by atoms with van der Waals surface area (Å²) in [6.07, 6.45) is 2.98. The van der Waals surface area contributed by atoms with Crippen LogP contribution in [0.5, 0.6) is 0 Å². The summed E-state index contributed by atoms with van der Waals surface area (Å²) in [6, 6.07) is 9.85. The van der Waals surface area contributed by atoms with E-state index < -0.39 is 0 Å². The molecular formula is C16H16FN3O. The average molecular weight is 285 g/mol. The van der Waals surface area contributed by atoms with Gasteiger partial charge in [-0.25, -0.2) is 4.39 Å². The van der Waals surface area contributed by atoms with E-state index >= 15 is 0 Å². The van der Waals surface area contributed by atoms with Gasteiger partial charge in [0, 0.05) is 12.5 Å². The average Bonchev–Trinajstić information content (AvgIpc) is 3.34. The molecule has 3 rings (SSSR count). The standard InChI is InChI=1S/C16H16FN3O/c17-13-5-1-11(2-6-13)9-10-18-16(21)15-8-7-14(19-20-15)12-3-4-12/h1-2,5-8,12H,3-4,9-10H2,(H,18,21). The van der Waals surface area contributed by atoms with Gasteiger partial charge in [0.25, 0.3) is 5.91 Å². The van der Waals surface area contributed by atoms with E-state index in [4.69, 9.17) is 0 Å². The molecule has 1 heterocycles. The predicted molar refractivity (Wildman–Crippen MR) is 76.4 cm³/mol. The zero-order chi connectivity index (χ0) is 14.7. The predicted octanol–water partition coefficient (Wildman–Crippen LogP) is 2.47. The highest BCUT2D eigenvalue weighted by atomic mass is 19.1. The summed E-state index contributed by atoms with van der Waals surface area (Å²) >= 11 is 0. The van der Waals surface area contributed by atoms with Crippen LogP contribution in [0.4, 0.5) is 4.39 Å². The molecule has 108 valence electrons. The molecule has 2 aromatic rings. The van der Waals surface area contributed by atoms with Gasteiger partial charge in [0.1, 0.15) is 5.82 Å². The highest BCUT2D eigenvalue weighted by Crippen LogP contribution is 2.38. The molecule has 21 heavy (non-hydrogen) atoms. The van der Waals surface area contributed by atoms with Gasteiger partial charge in [-0.15, -0.1) is 5.10 Å². The van der Waals surface area contributed by atoms with Gasteiger partial charge in [0.05, 0.1) is 5.69 Å². The molecule has 0 atom stereocenters. The first-order chi connectivity index (χ1) is 10.2. The van der Waals surface area contributed by atoms with E-state index in [1.165, 1.54) is 12.1 Å². The molecule has 1 aliphatic rings. The number of benzene rings is 1. The van der Waals surface area contributed by atoms with Crippen LogP contribution in [0, 0.1) is 5.82 Å². The molecule has 0 aliphatic heterocycles. The van der Waals surface area contributed by atoms with Gasteiger partial charge in [-0.3, -0.25) is 4.79 Å². The second-order valence-corrected chi connectivity index (χ2v) is 5.25. The fourth-order valence-electron chi connectivity index (χ4n) is 2.12. The molecule has 1 fully saturated rings. The number of nitrogens with one attached hydrogen (secondary N) is 1. The van der Waals surface area contributed by atoms with Crippen LogP contribution in [0.25, 0.3) is 0 Å². The zero-order valence-electron chi connectivity index (χ0n) is 11.6. The van der Waals surface area contributed by atoms with Crippen LogP contribution in [0.1, 0.15) is 40.5 Å². The number of carbonyl (C=O) groups is 1. The van der Waals surface area contributed by atoms with Crippen molar-refractivity contribution in [3.8, 4) is 0 Å². The van der Waals surface area contributed by atoms with Crippen molar-refractivity contribution in [1.29, 1.82) is 0 Å². The second kappa shape index (κ2) is 5.99. The third-order valence-corrected chi connectivity index (χ3v) is 3.53. The van der Waals surface area contributed by atoms with Crippen molar-refractivity contribution in [3.05, 3.63) is 59.2 Å². The molecule has 1 amide bonds. The molecule has 1 aromatic carbocycles. The molecule has 0 spiro atoms. The summed E-state index contributed by atoms with van der Waals surface area (Å²) in [5.74, 6) is 0.0499. The zero-order valence-corrected chi connectivity index (χ0v) is 11.6. The van der Waals surface area contributed by atoms with Crippen molar-refractivity contribution in [2.75, 3.05) is 6.54 Å². The number of hydrogen-bond acceptors (Lipinski definition) is 3. The fourth-order valence-corrected chi connectivity index (χ4v) is 2.12. The van der Waals surface area contributed by atoms with E-state index in [0.29, 0.717) is 24.6 Å². The Morgan fingerprint density at radius 1 is 1.14 bits per heavy atom. The largest absolute Gasteiger partial charge is 0.350 e. The van der Waals surface area contributed by atoms with Crippen molar-refractivity contribution >= 4 is 5.91 Å². The Morgan fingerprint density at radius 3 is 2.52 bits per heavy atom. The molecule has 5 heteroatoms. The van der Waals surface area contributed by atoms with Gasteiger partial charge in [-0.05, 0) is 49.1 Å². The third kappa shape index (κ3) is 3.62. The minimum Gasteiger partial charge on any atom is -0.350 e. The quantitative estimate of drug-likeness (QED) is 0.918. The van der Waals surface area contributed by atoms with Crippen LogP contribution in [0.3, 0.4) is 0 Å². The Hall–Kier alpha value is -2.30. The molecule has 0 radical (unpaired) electrons. The lowest BCUT2D eigenvalue weighted by Gasteiger charge is -2.05. The maximum atomic E-state index is 12.8. The SMILES string of the molecule is O=C(NCCc1ccc(F)cc1)c1ccc(C2CC2)nn1. The molecule has 1 N–H and O–H groups in total. The summed E-state index contributed by atoms with van der Waals surface area (Å²) in [6.45, 7) is 0.483. The highest BCUT2D eigenvalue weighted by Gasteiger charge is 2.25. The van der Waals surface area contributed by atoms with E-state index in [1.54, 1.807) is 18.2 Å². The van der Waals surface area contributed by atoms with Crippen molar-refractivity contribution in [2.45, 2.75) is 25.2 Å². The smallest absolute Gasteiger partial charge is 0.271 e. The number of halogens is 1.